The van der Waals surface area contributed by atoms with Crippen LogP contribution in [0.5, 0.6) is 0 Å². The van der Waals surface area contributed by atoms with Crippen LogP contribution in [0.1, 0.15) is 112 Å². The third kappa shape index (κ3) is 48.2. The highest BCUT2D eigenvalue weighted by Gasteiger charge is 2.26. The van der Waals surface area contributed by atoms with E-state index in [0.29, 0.717) is 197 Å². The Morgan fingerprint density at radius 3 is 1.37 bits per heavy atom. The molecule has 1 aliphatic carbocycles. The molecule has 21 heteroatoms. The van der Waals surface area contributed by atoms with Crippen molar-refractivity contribution in [1.82, 2.24) is 21.3 Å². The average molecular weight is 1150 g/mol. The maximum absolute atomic E-state index is 12.4. The fourth-order valence-electron chi connectivity index (χ4n) is 7.85. The lowest BCUT2D eigenvalue weighted by Gasteiger charge is -2.32. The van der Waals surface area contributed by atoms with Gasteiger partial charge in [-0.3, -0.25) is 19.2 Å². The number of allylic oxidation sites excluding steroid dienone is 9. The van der Waals surface area contributed by atoms with Crippen molar-refractivity contribution in [2.45, 2.75) is 118 Å². The molecular weight excluding hydrogens is 1040 g/mol. The fourth-order valence-corrected chi connectivity index (χ4v) is 7.85. The number of nitrogens with one attached hydrogen (secondary N) is 4. The Kier molecular flexibility index (Phi) is 50.1. The zero-order valence-electron chi connectivity index (χ0n) is 50.4. The van der Waals surface area contributed by atoms with Gasteiger partial charge in [0.15, 0.2) is 0 Å². The second-order valence-electron chi connectivity index (χ2n) is 20.2. The highest BCUT2D eigenvalue weighted by atomic mass is 16.6. The number of unbranched alkanes of at least 4 members (excludes halogenated alkanes) is 1. The van der Waals surface area contributed by atoms with E-state index in [1.807, 2.05) is 19.1 Å². The van der Waals surface area contributed by atoms with Crippen molar-refractivity contribution in [1.29, 1.82) is 0 Å². The minimum absolute atomic E-state index is 0.0613. The Balaban J connectivity index is 1.81. The number of rotatable bonds is 56. The van der Waals surface area contributed by atoms with Gasteiger partial charge < -0.3 is 84.8 Å². The van der Waals surface area contributed by atoms with Crippen LogP contribution < -0.4 is 32.7 Å². The summed E-state index contributed by atoms with van der Waals surface area (Å²) < 4.78 is 60.4. The summed E-state index contributed by atoms with van der Waals surface area (Å²) in [5.41, 5.74) is 16.7. The van der Waals surface area contributed by atoms with Crippen LogP contribution in [0.15, 0.2) is 58.7 Å². The Morgan fingerprint density at radius 2 is 0.926 bits per heavy atom. The van der Waals surface area contributed by atoms with Gasteiger partial charge in [-0.25, -0.2) is 0 Å². The third-order valence-corrected chi connectivity index (χ3v) is 12.5. The van der Waals surface area contributed by atoms with E-state index in [-0.39, 0.29) is 41.9 Å². The van der Waals surface area contributed by atoms with E-state index in [2.05, 4.69) is 67.2 Å². The number of nitrogens with two attached hydrogens (primary N) is 2. The van der Waals surface area contributed by atoms with Gasteiger partial charge in [0.2, 0.25) is 23.6 Å². The van der Waals surface area contributed by atoms with Gasteiger partial charge in [0.25, 0.3) is 0 Å². The van der Waals surface area contributed by atoms with Gasteiger partial charge in [0, 0.05) is 71.5 Å². The van der Waals surface area contributed by atoms with Crippen molar-refractivity contribution < 1.29 is 71.3 Å². The van der Waals surface area contributed by atoms with Crippen LogP contribution >= 0.6 is 0 Å². The summed E-state index contributed by atoms with van der Waals surface area (Å²) in [6.07, 6.45) is 21.1. The maximum atomic E-state index is 12.4. The van der Waals surface area contributed by atoms with E-state index in [1.165, 1.54) is 30.4 Å². The lowest BCUT2D eigenvalue weighted by molar-refractivity contribution is -0.123. The molecule has 1 atom stereocenters. The molecule has 0 fully saturated rings. The molecule has 0 bridgehead atoms. The van der Waals surface area contributed by atoms with Crippen LogP contribution in [0.25, 0.3) is 0 Å². The van der Waals surface area contributed by atoms with E-state index in [4.69, 9.17) is 63.6 Å². The van der Waals surface area contributed by atoms with Gasteiger partial charge in [0.1, 0.15) is 0 Å². The summed E-state index contributed by atoms with van der Waals surface area (Å²) in [5.74, 6) is -0.472. The summed E-state index contributed by atoms with van der Waals surface area (Å²) in [4.78, 5) is 48.8. The van der Waals surface area contributed by atoms with Crippen molar-refractivity contribution in [3.8, 4) is 0 Å². The molecule has 1 aliphatic rings. The molecule has 0 saturated carbocycles. The maximum Gasteiger partial charge on any atom is 0.244 e. The Hall–Kier alpha value is -3.94. The second kappa shape index (κ2) is 54.0. The monoisotopic (exact) mass is 1150 g/mol. The standard InChI is InChI=1S/C60H108N6O15/c1-51(18-19-54-53(3)16-9-22-60(54,4)5)14-8-15-52(2)50-58(69)65-24-7-6-17-55(62)59(70)66-27-13-31-74-37-43-78-42-36-73-30-12-26-64-57(68)21-33-76-39-45-80-47-49-81-48-46-79-44-38-75-32-20-56(67)63-25-11-29-72-35-41-77-40-34-71-28-10-23-61/h8,14-15,18-19,50,55H,6-7,9-13,16-17,20-49,61-62H2,1-5H3,(H,63,67)(H,64,68)(H,65,69)(H,66,70)/b15-8+,19-18+,51-14+,52-50+/t55-/m1/s1. The van der Waals surface area contributed by atoms with E-state index in [0.717, 1.165) is 36.8 Å². The topological polar surface area (TPSA) is 270 Å². The van der Waals surface area contributed by atoms with Crippen LogP contribution in [0, 0.1) is 5.41 Å². The van der Waals surface area contributed by atoms with Gasteiger partial charge in [-0.2, -0.15) is 0 Å². The molecule has 0 spiro atoms. The molecule has 0 aromatic rings. The Bertz CT molecular complexity index is 1760. The number of amides is 4. The first kappa shape index (κ1) is 75.1. The molecule has 8 N–H and O–H groups in total. The first-order valence-electron chi connectivity index (χ1n) is 29.7. The van der Waals surface area contributed by atoms with Crippen LogP contribution in [-0.2, 0) is 71.3 Å². The van der Waals surface area contributed by atoms with Crippen LogP contribution in [0.2, 0.25) is 0 Å². The van der Waals surface area contributed by atoms with E-state index in [1.54, 1.807) is 6.08 Å². The lowest BCUT2D eigenvalue weighted by Crippen LogP contribution is -2.41. The molecule has 21 nitrogen and oxygen atoms in total. The minimum atomic E-state index is -0.601. The second-order valence-corrected chi connectivity index (χ2v) is 20.2. The van der Waals surface area contributed by atoms with Crippen molar-refractivity contribution in [2.24, 2.45) is 16.9 Å². The summed E-state index contributed by atoms with van der Waals surface area (Å²) in [7, 11) is 0. The number of hydrogen-bond acceptors (Lipinski definition) is 17. The smallest absolute Gasteiger partial charge is 0.244 e. The molecule has 0 aromatic carbocycles. The first-order chi connectivity index (χ1) is 39.4. The molecule has 1 rings (SSSR count). The van der Waals surface area contributed by atoms with Crippen LogP contribution in [0.3, 0.4) is 0 Å². The number of carbonyl (C=O) groups is 4. The molecular formula is C60H108N6O15. The van der Waals surface area contributed by atoms with Crippen molar-refractivity contribution in [3.63, 3.8) is 0 Å². The van der Waals surface area contributed by atoms with Gasteiger partial charge in [-0.1, -0.05) is 55.4 Å². The Labute approximate surface area is 486 Å². The zero-order chi connectivity index (χ0) is 59.1. The molecule has 0 radical (unpaired) electrons. The van der Waals surface area contributed by atoms with E-state index < -0.39 is 6.04 Å². The van der Waals surface area contributed by atoms with Crippen molar-refractivity contribution in [3.05, 3.63) is 58.7 Å². The number of ether oxygens (including phenoxy) is 11. The molecule has 0 aromatic heterocycles. The number of carbonyl (C=O) groups excluding carboxylic acids is 4. The Morgan fingerprint density at radius 1 is 0.519 bits per heavy atom. The van der Waals surface area contributed by atoms with Gasteiger partial charge in [-0.15, -0.1) is 0 Å². The highest BCUT2D eigenvalue weighted by Crippen LogP contribution is 2.40. The van der Waals surface area contributed by atoms with Crippen LogP contribution in [-0.4, -0.2) is 208 Å². The van der Waals surface area contributed by atoms with Crippen molar-refractivity contribution >= 4 is 23.6 Å². The normalized spacial score (nSPS) is 14.3. The fraction of sp³-hybridized carbons (Fsp3) is 0.767. The average Bonchev–Trinajstić information content (AvgIpc) is 3.47. The largest absolute Gasteiger partial charge is 0.379 e. The molecule has 0 unspecified atom stereocenters. The van der Waals surface area contributed by atoms with Crippen molar-refractivity contribution in [2.75, 3.05) is 178 Å². The molecule has 0 heterocycles. The molecule has 0 saturated heterocycles. The summed E-state index contributed by atoms with van der Waals surface area (Å²) in [6, 6.07) is -0.601. The molecule has 4 amide bonds. The third-order valence-electron chi connectivity index (χ3n) is 12.5. The van der Waals surface area contributed by atoms with E-state index in [9.17, 15) is 19.2 Å². The summed E-state index contributed by atoms with van der Waals surface area (Å²) in [5, 5.41) is 11.5. The van der Waals surface area contributed by atoms with Gasteiger partial charge in [0.05, 0.1) is 125 Å². The van der Waals surface area contributed by atoms with E-state index >= 15 is 0 Å². The quantitative estimate of drug-likeness (QED) is 0.0267. The summed E-state index contributed by atoms with van der Waals surface area (Å²) in [6.45, 7) is 23.6. The van der Waals surface area contributed by atoms with Crippen LogP contribution in [0.4, 0.5) is 0 Å². The van der Waals surface area contributed by atoms with Gasteiger partial charge >= 0.3 is 0 Å². The molecule has 468 valence electrons. The predicted molar refractivity (Wildman–Crippen MR) is 316 cm³/mol. The molecule has 0 aliphatic heterocycles. The summed E-state index contributed by atoms with van der Waals surface area (Å²) >= 11 is 0. The highest BCUT2D eigenvalue weighted by molar-refractivity contribution is 5.88. The lowest BCUT2D eigenvalue weighted by atomic mass is 9.72. The minimum Gasteiger partial charge on any atom is -0.379 e. The number of hydrogen-bond donors (Lipinski definition) is 6. The first-order valence-corrected chi connectivity index (χ1v) is 29.7. The SMILES string of the molecule is CC1=C(/C=C/C(C)=C/C=C/C(C)=C/C(=O)NCCCC[C@@H](N)C(=O)NCCCOCCOCCOCCCNC(=O)CCOCCOCCOCCOCCOCCC(=O)NCCCOCCOCCOCCCN)C(C)(C)CCC1. The predicted octanol–water partition coefficient (Wildman–Crippen LogP) is 4.96. The molecule has 81 heavy (non-hydrogen) atoms. The van der Waals surface area contributed by atoms with Gasteiger partial charge in [-0.05, 0) is 108 Å². The zero-order valence-corrected chi connectivity index (χ0v) is 50.4.